The summed E-state index contributed by atoms with van der Waals surface area (Å²) in [4.78, 5) is 15.6. The van der Waals surface area contributed by atoms with Crippen molar-refractivity contribution in [2.45, 2.75) is 6.92 Å². The van der Waals surface area contributed by atoms with Crippen LogP contribution >= 0.6 is 0 Å². The Balaban J connectivity index is 2.43. The van der Waals surface area contributed by atoms with Crippen molar-refractivity contribution in [2.75, 3.05) is 6.61 Å². The average molecular weight is 216 g/mol. The molecule has 4 nitrogen and oxygen atoms in total. The molecular formula is C12H12N2O2. The van der Waals surface area contributed by atoms with E-state index in [1.807, 2.05) is 18.3 Å². The molecule has 0 radical (unpaired) electrons. The van der Waals surface area contributed by atoms with Gasteiger partial charge in [0.2, 0.25) is 0 Å². The number of ether oxygens (including phenoxy) is 1. The maximum Gasteiger partial charge on any atom is 0.358 e. The summed E-state index contributed by atoms with van der Waals surface area (Å²) in [6.07, 6.45) is 5.25. The van der Waals surface area contributed by atoms with Crippen molar-refractivity contribution in [3.8, 4) is 0 Å². The number of esters is 1. The molecule has 82 valence electrons. The molecule has 0 spiro atoms. The molecule has 0 saturated carbocycles. The van der Waals surface area contributed by atoms with Crippen LogP contribution in [-0.4, -0.2) is 22.0 Å². The van der Waals surface area contributed by atoms with E-state index < -0.39 is 5.97 Å². The van der Waals surface area contributed by atoms with Gasteiger partial charge in [0.05, 0.1) is 6.61 Å². The predicted molar refractivity (Wildman–Crippen MR) is 61.2 cm³/mol. The number of aromatic nitrogens is 2. The Labute approximate surface area is 93.2 Å². The van der Waals surface area contributed by atoms with Crippen LogP contribution in [0.15, 0.2) is 31.1 Å². The Kier molecular flexibility index (Phi) is 2.72. The van der Waals surface area contributed by atoms with Gasteiger partial charge < -0.3 is 9.14 Å². The highest BCUT2D eigenvalue weighted by atomic mass is 16.5. The highest BCUT2D eigenvalue weighted by Gasteiger charge is 2.11. The molecule has 0 unspecified atom stereocenters. The van der Waals surface area contributed by atoms with Crippen molar-refractivity contribution in [3.63, 3.8) is 0 Å². The first-order valence-electron chi connectivity index (χ1n) is 5.03. The summed E-state index contributed by atoms with van der Waals surface area (Å²) in [5, 5.41) is 0. The number of hydrogen-bond acceptors (Lipinski definition) is 3. The first-order valence-corrected chi connectivity index (χ1v) is 5.03. The molecular weight excluding hydrogens is 204 g/mol. The molecule has 0 aromatic carbocycles. The molecule has 0 fully saturated rings. The van der Waals surface area contributed by atoms with E-state index in [0.29, 0.717) is 17.9 Å². The van der Waals surface area contributed by atoms with Crippen LogP contribution < -0.4 is 0 Å². The predicted octanol–water partition coefficient (Wildman–Crippen LogP) is 2.15. The highest BCUT2D eigenvalue weighted by Crippen LogP contribution is 2.09. The van der Waals surface area contributed by atoms with Gasteiger partial charge in [-0.15, -0.1) is 0 Å². The van der Waals surface area contributed by atoms with Crippen molar-refractivity contribution < 1.29 is 9.53 Å². The number of carbonyl (C=O) groups excluding carboxylic acids is 1. The van der Waals surface area contributed by atoms with Crippen LogP contribution in [0.5, 0.6) is 0 Å². The van der Waals surface area contributed by atoms with E-state index in [1.165, 1.54) is 0 Å². The molecule has 0 saturated heterocycles. The summed E-state index contributed by atoms with van der Waals surface area (Å²) in [5.41, 5.74) is 2.01. The Morgan fingerprint density at radius 2 is 2.38 bits per heavy atom. The highest BCUT2D eigenvalue weighted by molar-refractivity contribution is 5.88. The summed E-state index contributed by atoms with van der Waals surface area (Å²) in [5.74, 6) is -0.397. The first-order chi connectivity index (χ1) is 7.74. The number of fused-ring (bicyclic) bond motifs is 1. The molecule has 16 heavy (non-hydrogen) atoms. The fourth-order valence-corrected chi connectivity index (χ4v) is 1.43. The van der Waals surface area contributed by atoms with Gasteiger partial charge in [0.15, 0.2) is 5.69 Å². The van der Waals surface area contributed by atoms with Gasteiger partial charge in [-0.2, -0.15) is 0 Å². The largest absolute Gasteiger partial charge is 0.461 e. The van der Waals surface area contributed by atoms with Gasteiger partial charge in [-0.3, -0.25) is 0 Å². The van der Waals surface area contributed by atoms with E-state index in [0.717, 1.165) is 5.56 Å². The van der Waals surface area contributed by atoms with Crippen molar-refractivity contribution in [1.82, 2.24) is 9.38 Å². The van der Waals surface area contributed by atoms with E-state index in [2.05, 4.69) is 11.6 Å². The van der Waals surface area contributed by atoms with E-state index in [1.54, 1.807) is 23.6 Å². The minimum atomic E-state index is -0.397. The fraction of sp³-hybridized carbons (Fsp3) is 0.167. The Morgan fingerprint density at radius 1 is 1.56 bits per heavy atom. The Hall–Kier alpha value is -2.10. The maximum absolute atomic E-state index is 11.5. The molecule has 0 aliphatic rings. The maximum atomic E-state index is 11.5. The van der Waals surface area contributed by atoms with Gasteiger partial charge in [-0.1, -0.05) is 12.7 Å². The minimum absolute atomic E-state index is 0.322. The van der Waals surface area contributed by atoms with Gasteiger partial charge in [0.1, 0.15) is 5.65 Å². The molecule has 2 aromatic rings. The van der Waals surface area contributed by atoms with Crippen molar-refractivity contribution >= 4 is 17.7 Å². The summed E-state index contributed by atoms with van der Waals surface area (Å²) < 4.78 is 6.66. The molecule has 2 rings (SSSR count). The lowest BCUT2D eigenvalue weighted by molar-refractivity contribution is 0.0520. The molecule has 0 atom stereocenters. The lowest BCUT2D eigenvalue weighted by atomic mass is 10.3. The third-order valence-corrected chi connectivity index (χ3v) is 2.19. The molecule has 0 amide bonds. The van der Waals surface area contributed by atoms with Gasteiger partial charge in [-0.25, -0.2) is 9.78 Å². The third-order valence-electron chi connectivity index (χ3n) is 2.19. The number of imidazole rings is 1. The quantitative estimate of drug-likeness (QED) is 0.738. The van der Waals surface area contributed by atoms with Crippen LogP contribution in [0.2, 0.25) is 0 Å². The molecule has 4 heteroatoms. The number of pyridine rings is 1. The van der Waals surface area contributed by atoms with Crippen LogP contribution in [0.25, 0.3) is 11.7 Å². The smallest absolute Gasteiger partial charge is 0.358 e. The molecule has 0 aliphatic carbocycles. The van der Waals surface area contributed by atoms with Crippen molar-refractivity contribution in [2.24, 2.45) is 0 Å². The van der Waals surface area contributed by atoms with Gasteiger partial charge in [0.25, 0.3) is 0 Å². The van der Waals surface area contributed by atoms with Crippen LogP contribution in [0.4, 0.5) is 0 Å². The van der Waals surface area contributed by atoms with Crippen LogP contribution in [0, 0.1) is 0 Å². The average Bonchev–Trinajstić information content (AvgIpc) is 2.71. The monoisotopic (exact) mass is 216 g/mol. The molecule has 2 heterocycles. The molecule has 0 bridgehead atoms. The summed E-state index contributed by atoms with van der Waals surface area (Å²) in [7, 11) is 0. The van der Waals surface area contributed by atoms with Gasteiger partial charge >= 0.3 is 5.97 Å². The van der Waals surface area contributed by atoms with Crippen molar-refractivity contribution in [3.05, 3.63) is 42.4 Å². The SMILES string of the molecule is C=Cc1ccc2nc(C(=O)OCC)cn2c1. The molecule has 0 aliphatic heterocycles. The van der Waals surface area contributed by atoms with Gasteiger partial charge in [-0.05, 0) is 24.6 Å². The van der Waals surface area contributed by atoms with E-state index in [9.17, 15) is 4.79 Å². The second-order valence-electron chi connectivity index (χ2n) is 3.28. The number of nitrogens with zero attached hydrogens (tertiary/aromatic N) is 2. The molecule has 0 N–H and O–H groups in total. The lowest BCUT2D eigenvalue weighted by Crippen LogP contribution is -2.04. The zero-order chi connectivity index (χ0) is 11.5. The second-order valence-corrected chi connectivity index (χ2v) is 3.28. The summed E-state index contributed by atoms with van der Waals surface area (Å²) in [6, 6.07) is 3.73. The first kappa shape index (κ1) is 10.4. The number of hydrogen-bond donors (Lipinski definition) is 0. The summed E-state index contributed by atoms with van der Waals surface area (Å²) in [6.45, 7) is 5.80. The Morgan fingerprint density at radius 3 is 3.06 bits per heavy atom. The topological polar surface area (TPSA) is 43.6 Å². The lowest BCUT2D eigenvalue weighted by Gasteiger charge is -1.95. The van der Waals surface area contributed by atoms with Crippen LogP contribution in [0.3, 0.4) is 0 Å². The summed E-state index contributed by atoms with van der Waals surface area (Å²) >= 11 is 0. The normalized spacial score (nSPS) is 10.3. The number of rotatable bonds is 3. The number of carbonyl (C=O) groups is 1. The van der Waals surface area contributed by atoms with Gasteiger partial charge in [0, 0.05) is 12.4 Å². The van der Waals surface area contributed by atoms with Crippen LogP contribution in [-0.2, 0) is 4.74 Å². The third kappa shape index (κ3) is 1.82. The standard InChI is InChI=1S/C12H12N2O2/c1-3-9-5-6-11-13-10(8-14(11)7-9)12(15)16-4-2/h3,5-8H,1,4H2,2H3. The Bertz CT molecular complexity index is 543. The second kappa shape index (κ2) is 4.18. The zero-order valence-electron chi connectivity index (χ0n) is 9.01. The molecule has 2 aromatic heterocycles. The van der Waals surface area contributed by atoms with Crippen molar-refractivity contribution in [1.29, 1.82) is 0 Å². The van der Waals surface area contributed by atoms with E-state index in [4.69, 9.17) is 4.74 Å². The zero-order valence-corrected chi connectivity index (χ0v) is 9.01. The van der Waals surface area contributed by atoms with Crippen LogP contribution in [0.1, 0.15) is 23.0 Å². The minimum Gasteiger partial charge on any atom is -0.461 e. The van der Waals surface area contributed by atoms with E-state index in [-0.39, 0.29) is 0 Å². The van der Waals surface area contributed by atoms with E-state index >= 15 is 0 Å². The fourth-order valence-electron chi connectivity index (χ4n) is 1.43.